The van der Waals surface area contributed by atoms with Crippen LogP contribution in [0.4, 0.5) is 10.3 Å². The molecule has 34 heavy (non-hydrogen) atoms. The molecule has 1 amide bonds. The largest absolute Gasteiger partial charge is 0.493 e. The molecule has 3 aromatic rings. The second kappa shape index (κ2) is 9.44. The molecule has 0 bridgehead atoms. The van der Waals surface area contributed by atoms with E-state index in [1.165, 1.54) is 12.1 Å². The maximum Gasteiger partial charge on any atom is 0.226 e. The second-order valence-corrected chi connectivity index (χ2v) is 8.94. The fraction of sp³-hybridized carbons (Fsp3) is 0.423. The van der Waals surface area contributed by atoms with E-state index in [0.29, 0.717) is 44.5 Å². The van der Waals surface area contributed by atoms with Gasteiger partial charge >= 0.3 is 0 Å². The summed E-state index contributed by atoms with van der Waals surface area (Å²) in [5.41, 5.74) is 2.47. The van der Waals surface area contributed by atoms with E-state index in [0.717, 1.165) is 47.2 Å². The lowest BCUT2D eigenvalue weighted by molar-refractivity contribution is -0.137. The summed E-state index contributed by atoms with van der Waals surface area (Å²) >= 11 is 0. The highest BCUT2D eigenvalue weighted by Crippen LogP contribution is 2.34. The number of carbonyl (C=O) groups excluding carboxylic acids is 1. The quantitative estimate of drug-likeness (QED) is 0.581. The number of halogens is 1. The molecule has 1 aromatic heterocycles. The molecule has 178 valence electrons. The number of hydrogen-bond acceptors (Lipinski definition) is 6. The molecule has 1 saturated heterocycles. The molecule has 0 radical (unpaired) electrons. The van der Waals surface area contributed by atoms with Gasteiger partial charge in [-0.25, -0.2) is 14.4 Å². The Morgan fingerprint density at radius 3 is 2.76 bits per heavy atom. The normalized spacial score (nSPS) is 17.0. The van der Waals surface area contributed by atoms with Crippen molar-refractivity contribution in [3.05, 3.63) is 53.5 Å². The van der Waals surface area contributed by atoms with E-state index in [1.54, 1.807) is 13.2 Å². The molecule has 0 atom stereocenters. The molecule has 2 aliphatic heterocycles. The maximum absolute atomic E-state index is 13.6. The number of para-hydroxylation sites is 1. The number of nitrogens with zero attached hydrogens (tertiary/aromatic N) is 4. The zero-order valence-electron chi connectivity index (χ0n) is 19.6. The predicted octanol–water partition coefficient (Wildman–Crippen LogP) is 4.11. The molecule has 0 saturated carbocycles. The first-order valence-corrected chi connectivity index (χ1v) is 11.8. The number of hydrogen-bond donors (Lipinski definition) is 0. The Morgan fingerprint density at radius 2 is 1.97 bits per heavy atom. The fourth-order valence-corrected chi connectivity index (χ4v) is 4.88. The molecule has 2 aliphatic rings. The van der Waals surface area contributed by atoms with Gasteiger partial charge in [0.25, 0.3) is 0 Å². The number of amides is 1. The van der Waals surface area contributed by atoms with Gasteiger partial charge in [-0.3, -0.25) is 4.79 Å². The predicted molar refractivity (Wildman–Crippen MR) is 128 cm³/mol. The van der Waals surface area contributed by atoms with Crippen molar-refractivity contribution in [3.63, 3.8) is 0 Å². The van der Waals surface area contributed by atoms with Gasteiger partial charge in [0.15, 0.2) is 11.5 Å². The van der Waals surface area contributed by atoms with E-state index in [1.807, 2.05) is 30.0 Å². The van der Waals surface area contributed by atoms with Gasteiger partial charge in [-0.15, -0.1) is 0 Å². The maximum atomic E-state index is 13.6. The standard InChI is InChI=1S/C26H29FN4O3/c1-17-21-15-20(27)7-8-22(21)29-26(28-17)30-12-9-18(10-13-30)25(32)31-11-4-14-34-24-19(16-31)5-3-6-23(24)33-2/h3,5-8,15,18H,4,9-14,16H2,1-2H3. The summed E-state index contributed by atoms with van der Waals surface area (Å²) in [5, 5.41) is 0.729. The molecule has 5 rings (SSSR count). The van der Waals surface area contributed by atoms with Crippen molar-refractivity contribution in [2.45, 2.75) is 32.7 Å². The number of piperidine rings is 1. The van der Waals surface area contributed by atoms with Crippen LogP contribution in [-0.2, 0) is 11.3 Å². The summed E-state index contributed by atoms with van der Waals surface area (Å²) in [7, 11) is 1.63. The Kier molecular flexibility index (Phi) is 6.22. The van der Waals surface area contributed by atoms with Crippen LogP contribution in [0.1, 0.15) is 30.5 Å². The molecule has 1 fully saturated rings. The number of carbonyl (C=O) groups is 1. The fourth-order valence-electron chi connectivity index (χ4n) is 4.88. The molecule has 0 unspecified atom stereocenters. The minimum atomic E-state index is -0.289. The number of methoxy groups -OCH3 is 1. The zero-order valence-corrected chi connectivity index (χ0v) is 19.6. The molecule has 2 aromatic carbocycles. The Balaban J connectivity index is 1.28. The summed E-state index contributed by atoms with van der Waals surface area (Å²) in [4.78, 5) is 26.8. The van der Waals surface area contributed by atoms with Gasteiger partial charge in [0.05, 0.1) is 24.9 Å². The van der Waals surface area contributed by atoms with E-state index in [-0.39, 0.29) is 17.6 Å². The first kappa shape index (κ1) is 22.4. The van der Waals surface area contributed by atoms with Gasteiger partial charge in [0.1, 0.15) is 5.82 Å². The van der Waals surface area contributed by atoms with Crippen LogP contribution in [0.15, 0.2) is 36.4 Å². The number of rotatable bonds is 3. The lowest BCUT2D eigenvalue weighted by Gasteiger charge is -2.35. The van der Waals surface area contributed by atoms with Crippen LogP contribution in [0.5, 0.6) is 11.5 Å². The minimum Gasteiger partial charge on any atom is -0.493 e. The van der Waals surface area contributed by atoms with Gasteiger partial charge in [-0.1, -0.05) is 12.1 Å². The first-order chi connectivity index (χ1) is 16.5. The van der Waals surface area contributed by atoms with Gasteiger partial charge in [0.2, 0.25) is 11.9 Å². The summed E-state index contributed by atoms with van der Waals surface area (Å²) in [6, 6.07) is 10.4. The minimum absolute atomic E-state index is 0.0266. The lowest BCUT2D eigenvalue weighted by atomic mass is 9.95. The van der Waals surface area contributed by atoms with Crippen molar-refractivity contribution in [2.24, 2.45) is 5.92 Å². The van der Waals surface area contributed by atoms with Crippen LogP contribution in [-0.4, -0.2) is 54.1 Å². The Morgan fingerprint density at radius 1 is 1.15 bits per heavy atom. The number of fused-ring (bicyclic) bond motifs is 2. The van der Waals surface area contributed by atoms with Crippen molar-refractivity contribution >= 4 is 22.8 Å². The topological polar surface area (TPSA) is 67.8 Å². The van der Waals surface area contributed by atoms with Crippen molar-refractivity contribution in [1.82, 2.24) is 14.9 Å². The summed E-state index contributed by atoms with van der Waals surface area (Å²) in [6.07, 6.45) is 2.29. The Hall–Kier alpha value is -3.42. The molecule has 0 spiro atoms. The van der Waals surface area contributed by atoms with E-state index in [9.17, 15) is 9.18 Å². The number of anilines is 1. The third kappa shape index (κ3) is 4.36. The van der Waals surface area contributed by atoms with Crippen LogP contribution in [0, 0.1) is 18.7 Å². The molecule has 0 aliphatic carbocycles. The molecular weight excluding hydrogens is 435 g/mol. The van der Waals surface area contributed by atoms with Crippen molar-refractivity contribution in [3.8, 4) is 11.5 Å². The third-order valence-corrected chi connectivity index (χ3v) is 6.74. The summed E-state index contributed by atoms with van der Waals surface area (Å²) < 4.78 is 25.0. The van der Waals surface area contributed by atoms with Crippen molar-refractivity contribution in [1.29, 1.82) is 0 Å². The Bertz CT molecular complexity index is 1210. The van der Waals surface area contributed by atoms with Gasteiger partial charge in [0, 0.05) is 43.0 Å². The highest BCUT2D eigenvalue weighted by Gasteiger charge is 2.31. The van der Waals surface area contributed by atoms with E-state index in [4.69, 9.17) is 9.47 Å². The third-order valence-electron chi connectivity index (χ3n) is 6.74. The summed E-state index contributed by atoms with van der Waals surface area (Å²) in [5.74, 6) is 1.97. The molecular formula is C26H29FN4O3. The van der Waals surface area contributed by atoms with Crippen LogP contribution in [0.25, 0.3) is 10.9 Å². The first-order valence-electron chi connectivity index (χ1n) is 11.8. The smallest absolute Gasteiger partial charge is 0.226 e. The van der Waals surface area contributed by atoms with Crippen molar-refractivity contribution < 1.29 is 18.7 Å². The number of aromatic nitrogens is 2. The number of aryl methyl sites for hydroxylation is 1. The average Bonchev–Trinajstić information content (AvgIpc) is 2.84. The van der Waals surface area contributed by atoms with Crippen LogP contribution >= 0.6 is 0 Å². The molecule has 3 heterocycles. The molecule has 0 N–H and O–H groups in total. The SMILES string of the molecule is COc1cccc2c1OCCCN(C(=O)C1CCN(c3nc(C)c4cc(F)ccc4n3)CC1)C2. The van der Waals surface area contributed by atoms with E-state index in [2.05, 4.69) is 14.9 Å². The lowest BCUT2D eigenvalue weighted by Crippen LogP contribution is -2.43. The zero-order chi connectivity index (χ0) is 23.7. The van der Waals surface area contributed by atoms with Crippen LogP contribution < -0.4 is 14.4 Å². The van der Waals surface area contributed by atoms with Crippen LogP contribution in [0.2, 0.25) is 0 Å². The van der Waals surface area contributed by atoms with Gasteiger partial charge < -0.3 is 19.3 Å². The average molecular weight is 465 g/mol. The van der Waals surface area contributed by atoms with E-state index >= 15 is 0 Å². The highest BCUT2D eigenvalue weighted by molar-refractivity contribution is 5.82. The summed E-state index contributed by atoms with van der Waals surface area (Å²) in [6.45, 7) is 5.06. The Labute approximate surface area is 198 Å². The van der Waals surface area contributed by atoms with Gasteiger partial charge in [-0.2, -0.15) is 0 Å². The second-order valence-electron chi connectivity index (χ2n) is 8.94. The number of benzene rings is 2. The molecule has 7 nitrogen and oxygen atoms in total. The van der Waals surface area contributed by atoms with Crippen molar-refractivity contribution in [2.75, 3.05) is 38.3 Å². The van der Waals surface area contributed by atoms with E-state index < -0.39 is 0 Å². The monoisotopic (exact) mass is 464 g/mol. The number of ether oxygens (including phenoxy) is 2. The highest BCUT2D eigenvalue weighted by atomic mass is 19.1. The van der Waals surface area contributed by atoms with Crippen LogP contribution in [0.3, 0.4) is 0 Å². The molecule has 8 heteroatoms. The van der Waals surface area contributed by atoms with Gasteiger partial charge in [-0.05, 0) is 50.5 Å².